The van der Waals surface area contributed by atoms with Crippen molar-refractivity contribution in [2.45, 2.75) is 6.92 Å². The van der Waals surface area contributed by atoms with Crippen molar-refractivity contribution in [1.82, 2.24) is 4.98 Å². The van der Waals surface area contributed by atoms with E-state index >= 15 is 0 Å². The van der Waals surface area contributed by atoms with Gasteiger partial charge in [0.15, 0.2) is 0 Å². The average molecular weight is 335 g/mol. The molecule has 0 bridgehead atoms. The fourth-order valence-corrected chi connectivity index (χ4v) is 3.31. The van der Waals surface area contributed by atoms with Gasteiger partial charge in [0, 0.05) is 45.0 Å². The molecule has 0 saturated heterocycles. The second-order valence-corrected chi connectivity index (χ2v) is 6.21. The summed E-state index contributed by atoms with van der Waals surface area (Å²) >= 11 is 6.15. The molecular formula is C20H15ClN2O. The molecule has 24 heavy (non-hydrogen) atoms. The molecule has 4 aromatic rings. The topological polar surface area (TPSA) is 44.9 Å². The Morgan fingerprint density at radius 1 is 0.958 bits per heavy atom. The molecule has 1 aromatic heterocycles. The summed E-state index contributed by atoms with van der Waals surface area (Å²) in [7, 11) is 0. The lowest BCUT2D eigenvalue weighted by Crippen LogP contribution is -2.06. The minimum atomic E-state index is -0.0851. The lowest BCUT2D eigenvalue weighted by molar-refractivity contribution is -0.114. The first kappa shape index (κ1) is 14.8. The Kier molecular flexibility index (Phi) is 3.51. The van der Waals surface area contributed by atoms with Gasteiger partial charge in [0.05, 0.1) is 5.52 Å². The van der Waals surface area contributed by atoms with Gasteiger partial charge >= 0.3 is 0 Å². The van der Waals surface area contributed by atoms with E-state index in [4.69, 9.17) is 11.6 Å². The molecule has 0 saturated carbocycles. The lowest BCUT2D eigenvalue weighted by Gasteiger charge is -2.11. The molecular weight excluding hydrogens is 320 g/mol. The van der Waals surface area contributed by atoms with Gasteiger partial charge in [-0.25, -0.2) is 0 Å². The number of carbonyl (C=O) groups excluding carboxylic acids is 1. The van der Waals surface area contributed by atoms with Crippen LogP contribution in [0.5, 0.6) is 0 Å². The van der Waals surface area contributed by atoms with Crippen LogP contribution in [0.1, 0.15) is 6.92 Å². The van der Waals surface area contributed by atoms with E-state index in [-0.39, 0.29) is 5.91 Å². The number of rotatable bonds is 2. The number of amides is 1. The highest BCUT2D eigenvalue weighted by Crippen LogP contribution is 2.36. The molecule has 1 amide bonds. The molecule has 4 rings (SSSR count). The predicted molar refractivity (Wildman–Crippen MR) is 101 cm³/mol. The summed E-state index contributed by atoms with van der Waals surface area (Å²) in [5, 5.41) is 5.83. The number of para-hydroxylation sites is 2. The van der Waals surface area contributed by atoms with E-state index in [0.29, 0.717) is 5.02 Å². The highest BCUT2D eigenvalue weighted by molar-refractivity contribution is 6.32. The third kappa shape index (κ3) is 2.43. The Morgan fingerprint density at radius 2 is 1.75 bits per heavy atom. The van der Waals surface area contributed by atoms with E-state index in [0.717, 1.165) is 38.6 Å². The van der Waals surface area contributed by atoms with Crippen LogP contribution in [0.2, 0.25) is 5.02 Å². The smallest absolute Gasteiger partial charge is 0.221 e. The number of benzene rings is 3. The van der Waals surface area contributed by atoms with Gasteiger partial charge in [0.25, 0.3) is 0 Å². The number of nitrogens with one attached hydrogen (secondary N) is 2. The molecule has 0 atom stereocenters. The first-order valence-corrected chi connectivity index (χ1v) is 8.08. The van der Waals surface area contributed by atoms with Crippen molar-refractivity contribution in [3.05, 3.63) is 65.7 Å². The second kappa shape index (κ2) is 5.69. The summed E-state index contributed by atoms with van der Waals surface area (Å²) in [6.07, 6.45) is 0. The summed E-state index contributed by atoms with van der Waals surface area (Å²) in [6, 6.07) is 19.8. The van der Waals surface area contributed by atoms with E-state index in [1.54, 1.807) is 0 Å². The number of carbonyl (C=O) groups is 1. The van der Waals surface area contributed by atoms with Gasteiger partial charge < -0.3 is 10.3 Å². The van der Waals surface area contributed by atoms with Crippen LogP contribution in [0.3, 0.4) is 0 Å². The predicted octanol–water partition coefficient (Wildman–Crippen LogP) is 5.60. The number of aromatic nitrogens is 1. The maximum Gasteiger partial charge on any atom is 0.221 e. The standard InChI is InChI=1S/C20H15ClN2O/c1-12(24)22-18-8-3-2-5-14(18)15-6-4-7-16-17-11-13(21)9-10-19(17)23-20(15)16/h2-11,23H,1H3,(H,22,24). The van der Waals surface area contributed by atoms with Crippen LogP contribution >= 0.6 is 11.6 Å². The first-order valence-electron chi connectivity index (χ1n) is 7.70. The highest BCUT2D eigenvalue weighted by atomic mass is 35.5. The molecule has 1 heterocycles. The molecule has 118 valence electrons. The molecule has 0 unspecified atom stereocenters. The minimum absolute atomic E-state index is 0.0851. The van der Waals surface area contributed by atoms with Crippen LogP contribution in [0, 0.1) is 0 Å². The maximum absolute atomic E-state index is 11.5. The van der Waals surface area contributed by atoms with E-state index in [1.165, 1.54) is 6.92 Å². The number of halogens is 1. The van der Waals surface area contributed by atoms with Gasteiger partial charge in [0.2, 0.25) is 5.91 Å². The Balaban J connectivity index is 2.02. The summed E-state index contributed by atoms with van der Waals surface area (Å²) in [4.78, 5) is 15.0. The molecule has 0 radical (unpaired) electrons. The Morgan fingerprint density at radius 3 is 2.58 bits per heavy atom. The third-order valence-electron chi connectivity index (χ3n) is 4.12. The van der Waals surface area contributed by atoms with E-state index in [1.807, 2.05) is 48.5 Å². The zero-order valence-corrected chi connectivity index (χ0v) is 13.8. The molecule has 2 N–H and O–H groups in total. The summed E-state index contributed by atoms with van der Waals surface area (Å²) in [6.45, 7) is 1.52. The number of hydrogen-bond acceptors (Lipinski definition) is 1. The normalized spacial score (nSPS) is 11.1. The van der Waals surface area contributed by atoms with E-state index < -0.39 is 0 Å². The Bertz CT molecular complexity index is 1080. The van der Waals surface area contributed by atoms with Crippen LogP contribution in [0.25, 0.3) is 32.9 Å². The molecule has 0 aliphatic carbocycles. The van der Waals surface area contributed by atoms with Crippen molar-refractivity contribution >= 4 is 45.0 Å². The van der Waals surface area contributed by atoms with Crippen molar-refractivity contribution in [3.63, 3.8) is 0 Å². The molecule has 3 aromatic carbocycles. The second-order valence-electron chi connectivity index (χ2n) is 5.77. The van der Waals surface area contributed by atoms with Crippen molar-refractivity contribution in [1.29, 1.82) is 0 Å². The molecule has 0 aliphatic heterocycles. The minimum Gasteiger partial charge on any atom is -0.354 e. The maximum atomic E-state index is 11.5. The van der Waals surface area contributed by atoms with Crippen LogP contribution in [0.15, 0.2) is 60.7 Å². The quantitative estimate of drug-likeness (QED) is 0.492. The van der Waals surface area contributed by atoms with Crippen LogP contribution in [-0.4, -0.2) is 10.9 Å². The summed E-state index contributed by atoms with van der Waals surface area (Å²) in [5.41, 5.74) is 4.90. The van der Waals surface area contributed by atoms with E-state index in [9.17, 15) is 4.79 Å². The highest BCUT2D eigenvalue weighted by Gasteiger charge is 2.12. The summed E-state index contributed by atoms with van der Waals surface area (Å²) in [5.74, 6) is -0.0851. The fraction of sp³-hybridized carbons (Fsp3) is 0.0500. The molecule has 0 aliphatic rings. The van der Waals surface area contributed by atoms with Gasteiger partial charge in [0.1, 0.15) is 0 Å². The van der Waals surface area contributed by atoms with Gasteiger partial charge in [-0.2, -0.15) is 0 Å². The fourth-order valence-electron chi connectivity index (χ4n) is 3.14. The first-order chi connectivity index (χ1) is 11.6. The monoisotopic (exact) mass is 334 g/mol. The zero-order valence-electron chi connectivity index (χ0n) is 13.1. The molecule has 4 heteroatoms. The average Bonchev–Trinajstić information content (AvgIpc) is 2.93. The van der Waals surface area contributed by atoms with Crippen LogP contribution < -0.4 is 5.32 Å². The van der Waals surface area contributed by atoms with Crippen molar-refractivity contribution in [3.8, 4) is 11.1 Å². The van der Waals surface area contributed by atoms with Gasteiger partial charge in [-0.3, -0.25) is 4.79 Å². The Hall–Kier alpha value is -2.78. The Labute approximate surface area is 144 Å². The largest absolute Gasteiger partial charge is 0.354 e. The zero-order chi connectivity index (χ0) is 16.7. The molecule has 0 spiro atoms. The lowest BCUT2D eigenvalue weighted by atomic mass is 10.0. The van der Waals surface area contributed by atoms with Crippen molar-refractivity contribution in [2.24, 2.45) is 0 Å². The number of anilines is 1. The number of hydrogen-bond donors (Lipinski definition) is 2. The number of fused-ring (bicyclic) bond motifs is 3. The molecule has 0 fully saturated rings. The van der Waals surface area contributed by atoms with Gasteiger partial charge in [-0.15, -0.1) is 0 Å². The van der Waals surface area contributed by atoms with Gasteiger partial charge in [-0.1, -0.05) is 48.0 Å². The molecule has 3 nitrogen and oxygen atoms in total. The van der Waals surface area contributed by atoms with Crippen molar-refractivity contribution in [2.75, 3.05) is 5.32 Å². The SMILES string of the molecule is CC(=O)Nc1ccccc1-c1cccc2c1[nH]c1ccc(Cl)cc12. The number of H-pyrrole nitrogens is 1. The third-order valence-corrected chi connectivity index (χ3v) is 4.36. The van der Waals surface area contributed by atoms with E-state index in [2.05, 4.69) is 22.4 Å². The number of aromatic amines is 1. The van der Waals surface area contributed by atoms with Crippen LogP contribution in [0.4, 0.5) is 5.69 Å². The van der Waals surface area contributed by atoms with Crippen LogP contribution in [-0.2, 0) is 4.79 Å². The summed E-state index contributed by atoms with van der Waals surface area (Å²) < 4.78 is 0. The van der Waals surface area contributed by atoms with Gasteiger partial charge in [-0.05, 0) is 24.3 Å². The van der Waals surface area contributed by atoms with Crippen molar-refractivity contribution < 1.29 is 4.79 Å².